The zero-order chi connectivity index (χ0) is 26.2. The number of likely N-dealkylation sites (tertiary alicyclic amines) is 1. The monoisotopic (exact) mass is 519 g/mol. The van der Waals surface area contributed by atoms with Gasteiger partial charge in [0.1, 0.15) is 23.7 Å². The summed E-state index contributed by atoms with van der Waals surface area (Å²) in [5.74, 6) is -3.36. The van der Waals surface area contributed by atoms with E-state index >= 15 is 0 Å². The average Bonchev–Trinajstić information content (AvgIpc) is 3.25. The van der Waals surface area contributed by atoms with E-state index in [4.69, 9.17) is 5.73 Å². The molecule has 36 heavy (non-hydrogen) atoms. The lowest BCUT2D eigenvalue weighted by Crippen LogP contribution is -2.58. The average molecular weight is 520 g/mol. The fourth-order valence-electron chi connectivity index (χ4n) is 4.00. The summed E-state index contributed by atoms with van der Waals surface area (Å²) in [7, 11) is 0. The zero-order valence-corrected chi connectivity index (χ0v) is 20.3. The molecule has 3 atom stereocenters. The zero-order valence-electron chi connectivity index (χ0n) is 19.5. The summed E-state index contributed by atoms with van der Waals surface area (Å²) in [5, 5.41) is 7.49. The van der Waals surface area contributed by atoms with Crippen molar-refractivity contribution >= 4 is 41.2 Å². The molecule has 2 aromatic carbocycles. The second-order valence-electron chi connectivity index (χ2n) is 8.24. The number of thioether (sulfide) groups is 1. The molecule has 1 saturated heterocycles. The predicted molar refractivity (Wildman–Crippen MR) is 132 cm³/mol. The van der Waals surface area contributed by atoms with Gasteiger partial charge < -0.3 is 26.6 Å². The molecule has 5 amide bonds. The minimum absolute atomic E-state index is 0.118. The summed E-state index contributed by atoms with van der Waals surface area (Å²) in [6, 6.07) is 7.83. The summed E-state index contributed by atoms with van der Waals surface area (Å²) in [4.78, 5) is 52.0. The van der Waals surface area contributed by atoms with Crippen LogP contribution < -0.4 is 21.7 Å². The number of carbonyl (C=O) groups is 4. The number of nitrogens with one attached hydrogen (secondary N) is 3. The first-order valence-electron chi connectivity index (χ1n) is 11.1. The third kappa shape index (κ3) is 6.94. The Labute approximate surface area is 211 Å². The highest BCUT2D eigenvalue weighted by molar-refractivity contribution is 7.99. The normalized spacial score (nSPS) is 17.8. The lowest BCUT2D eigenvalue weighted by molar-refractivity contribution is -0.138. The summed E-state index contributed by atoms with van der Waals surface area (Å²) in [5.41, 5.74) is 6.05. The van der Waals surface area contributed by atoms with Gasteiger partial charge in [-0.05, 0) is 30.4 Å². The molecule has 0 unspecified atom stereocenters. The SMILES string of the molecule is CSCC(=O)N1CC[C@H](NC(=O)Nc2ccc(F)cc2F)[C@H]1C(=O)N[C@H](Cc1ccccc1)C(N)=O. The van der Waals surface area contributed by atoms with Gasteiger partial charge >= 0.3 is 6.03 Å². The van der Waals surface area contributed by atoms with E-state index in [1.54, 1.807) is 30.5 Å². The number of rotatable bonds is 9. The fraction of sp³-hybridized carbons (Fsp3) is 0.333. The van der Waals surface area contributed by atoms with E-state index in [-0.39, 0.29) is 36.7 Å². The van der Waals surface area contributed by atoms with Gasteiger partial charge in [0.2, 0.25) is 17.7 Å². The number of carbonyl (C=O) groups excluding carboxylic acids is 4. The molecular formula is C24H27F2N5O4S. The molecule has 192 valence electrons. The first-order valence-corrected chi connectivity index (χ1v) is 12.5. The molecule has 0 radical (unpaired) electrons. The summed E-state index contributed by atoms with van der Waals surface area (Å²) < 4.78 is 27.1. The molecule has 3 rings (SSSR count). The number of amides is 5. The number of nitrogens with zero attached hydrogens (tertiary/aromatic N) is 1. The second-order valence-corrected chi connectivity index (χ2v) is 9.10. The smallest absolute Gasteiger partial charge is 0.319 e. The van der Waals surface area contributed by atoms with Gasteiger partial charge in [0, 0.05) is 19.0 Å². The van der Waals surface area contributed by atoms with Crippen LogP contribution in [0.4, 0.5) is 19.3 Å². The summed E-state index contributed by atoms with van der Waals surface area (Å²) in [6.45, 7) is 0.188. The van der Waals surface area contributed by atoms with Crippen molar-refractivity contribution < 1.29 is 28.0 Å². The van der Waals surface area contributed by atoms with Gasteiger partial charge in [0.25, 0.3) is 0 Å². The molecule has 1 aliphatic heterocycles. The molecular weight excluding hydrogens is 492 g/mol. The van der Waals surface area contributed by atoms with Crippen LogP contribution in [0, 0.1) is 11.6 Å². The van der Waals surface area contributed by atoms with Gasteiger partial charge in [-0.25, -0.2) is 13.6 Å². The van der Waals surface area contributed by atoms with Gasteiger partial charge in [-0.15, -0.1) is 0 Å². The van der Waals surface area contributed by atoms with Crippen molar-refractivity contribution in [3.05, 3.63) is 65.7 Å². The van der Waals surface area contributed by atoms with Crippen LogP contribution in [0.25, 0.3) is 0 Å². The Kier molecular flexibility index (Phi) is 9.23. The van der Waals surface area contributed by atoms with Gasteiger partial charge in [0.15, 0.2) is 0 Å². The van der Waals surface area contributed by atoms with Gasteiger partial charge in [-0.1, -0.05) is 30.3 Å². The number of primary amides is 1. The van der Waals surface area contributed by atoms with Crippen LogP contribution >= 0.6 is 11.8 Å². The Hall–Kier alpha value is -3.67. The van der Waals surface area contributed by atoms with Crippen LogP contribution in [0.2, 0.25) is 0 Å². The lowest BCUT2D eigenvalue weighted by atomic mass is 10.0. The third-order valence-corrected chi connectivity index (χ3v) is 6.23. The Morgan fingerprint density at radius 3 is 2.50 bits per heavy atom. The number of nitrogens with two attached hydrogens (primary N) is 1. The number of halogens is 2. The van der Waals surface area contributed by atoms with Crippen molar-refractivity contribution in [2.24, 2.45) is 5.73 Å². The van der Waals surface area contributed by atoms with Crippen LogP contribution in [0.15, 0.2) is 48.5 Å². The number of urea groups is 1. The van der Waals surface area contributed by atoms with E-state index in [1.807, 2.05) is 6.07 Å². The van der Waals surface area contributed by atoms with Gasteiger partial charge in [-0.3, -0.25) is 14.4 Å². The Morgan fingerprint density at radius 1 is 1.14 bits per heavy atom. The van der Waals surface area contributed by atoms with Crippen molar-refractivity contribution in [1.29, 1.82) is 0 Å². The van der Waals surface area contributed by atoms with Crippen molar-refractivity contribution in [1.82, 2.24) is 15.5 Å². The first-order chi connectivity index (χ1) is 17.2. The molecule has 0 saturated carbocycles. The molecule has 0 bridgehead atoms. The molecule has 0 aromatic heterocycles. The maximum absolute atomic E-state index is 13.9. The second kappa shape index (κ2) is 12.3. The molecule has 1 heterocycles. The van der Waals surface area contributed by atoms with Gasteiger partial charge in [-0.2, -0.15) is 11.8 Å². The highest BCUT2D eigenvalue weighted by atomic mass is 32.2. The van der Waals surface area contributed by atoms with Gasteiger partial charge in [0.05, 0.1) is 17.5 Å². The molecule has 5 N–H and O–H groups in total. The number of hydrogen-bond donors (Lipinski definition) is 4. The third-order valence-electron chi connectivity index (χ3n) is 5.69. The lowest BCUT2D eigenvalue weighted by Gasteiger charge is -2.29. The first kappa shape index (κ1) is 26.9. The minimum Gasteiger partial charge on any atom is -0.368 e. The molecule has 1 fully saturated rings. The number of anilines is 1. The van der Waals surface area contributed by atoms with Crippen LogP contribution in [0.1, 0.15) is 12.0 Å². The van der Waals surface area contributed by atoms with E-state index in [0.29, 0.717) is 6.07 Å². The highest BCUT2D eigenvalue weighted by Gasteiger charge is 2.43. The van der Waals surface area contributed by atoms with E-state index < -0.39 is 47.6 Å². The van der Waals surface area contributed by atoms with Crippen molar-refractivity contribution in [3.63, 3.8) is 0 Å². The Morgan fingerprint density at radius 2 is 1.86 bits per heavy atom. The molecule has 0 spiro atoms. The molecule has 12 heteroatoms. The molecule has 0 aliphatic carbocycles. The summed E-state index contributed by atoms with van der Waals surface area (Å²) in [6.07, 6.45) is 2.14. The van der Waals surface area contributed by atoms with Crippen molar-refractivity contribution in [3.8, 4) is 0 Å². The van der Waals surface area contributed by atoms with E-state index in [1.165, 1.54) is 16.7 Å². The van der Waals surface area contributed by atoms with Crippen molar-refractivity contribution in [2.45, 2.75) is 31.0 Å². The summed E-state index contributed by atoms with van der Waals surface area (Å²) >= 11 is 1.28. The maximum atomic E-state index is 13.9. The number of benzene rings is 2. The topological polar surface area (TPSA) is 134 Å². The van der Waals surface area contributed by atoms with Crippen LogP contribution in [-0.2, 0) is 20.8 Å². The molecule has 2 aromatic rings. The standard InChI is InChI=1S/C24H27F2N5O4S/c1-36-13-20(32)31-10-9-18(30-24(35)29-17-8-7-15(25)12-16(17)26)21(31)23(34)28-19(22(27)33)11-14-5-3-2-4-6-14/h2-8,12,18-19,21H,9-11,13H2,1H3,(H2,27,33)(H,28,34)(H2,29,30,35)/t18-,19+,21-/m0/s1. The number of hydrogen-bond acceptors (Lipinski definition) is 5. The van der Waals surface area contributed by atoms with E-state index in [2.05, 4.69) is 16.0 Å². The maximum Gasteiger partial charge on any atom is 0.319 e. The Balaban J connectivity index is 1.76. The highest BCUT2D eigenvalue weighted by Crippen LogP contribution is 2.21. The Bertz CT molecular complexity index is 1120. The largest absolute Gasteiger partial charge is 0.368 e. The molecule has 1 aliphatic rings. The predicted octanol–water partition coefficient (Wildman–Crippen LogP) is 1.63. The van der Waals surface area contributed by atoms with Crippen LogP contribution in [0.3, 0.4) is 0 Å². The minimum atomic E-state index is -1.12. The van der Waals surface area contributed by atoms with E-state index in [9.17, 15) is 28.0 Å². The quantitative estimate of drug-likeness (QED) is 0.400. The van der Waals surface area contributed by atoms with Crippen LogP contribution in [-0.4, -0.2) is 65.3 Å². The van der Waals surface area contributed by atoms with Crippen LogP contribution in [0.5, 0.6) is 0 Å². The van der Waals surface area contributed by atoms with E-state index in [0.717, 1.165) is 17.7 Å². The van der Waals surface area contributed by atoms with Crippen molar-refractivity contribution in [2.75, 3.05) is 23.9 Å². The molecule has 9 nitrogen and oxygen atoms in total. The fourth-order valence-corrected chi connectivity index (χ4v) is 4.41.